The van der Waals surface area contributed by atoms with Crippen LogP contribution in [0.15, 0.2) is 27.1 Å². The fraction of sp³-hybridized carbons (Fsp3) is 0.524. The molecule has 3 aromatic rings. The normalized spacial score (nSPS) is 11.5. The van der Waals surface area contributed by atoms with Gasteiger partial charge in [-0.15, -0.1) is 11.3 Å². The molecule has 0 bridgehead atoms. The second-order valence-corrected chi connectivity index (χ2v) is 8.86. The predicted molar refractivity (Wildman–Crippen MR) is 119 cm³/mol. The van der Waals surface area contributed by atoms with Crippen LogP contribution in [0.4, 0.5) is 0 Å². The number of aryl methyl sites for hydroxylation is 2. The average Bonchev–Trinajstić information content (AvgIpc) is 3.32. The Bertz CT molecular complexity index is 1110. The minimum absolute atomic E-state index is 0.0659. The van der Waals surface area contributed by atoms with E-state index in [0.29, 0.717) is 43.0 Å². The smallest absolute Gasteiger partial charge is 0.330 e. The highest BCUT2D eigenvalue weighted by Gasteiger charge is 2.19. The molecule has 162 valence electrons. The molecular weight excluding hydrogens is 402 g/mol. The second-order valence-electron chi connectivity index (χ2n) is 7.83. The van der Waals surface area contributed by atoms with E-state index in [1.54, 1.807) is 11.3 Å². The Balaban J connectivity index is 1.88. The number of thiophene rings is 1. The van der Waals surface area contributed by atoms with Crippen molar-refractivity contribution in [1.29, 1.82) is 0 Å². The maximum absolute atomic E-state index is 12.6. The maximum Gasteiger partial charge on any atom is 0.330 e. The standard InChI is InChI=1S/C21H29N5O3S/c1-4-5-10-25-19-18(20(28)24-21(25)29)26(13-14(2)3)16(23-19)8-9-17(27)22-12-15-7-6-11-30-15/h6-7,11,14H,4-5,8-10,12-13H2,1-3H3,(H,22,27)(H,24,28,29). The summed E-state index contributed by atoms with van der Waals surface area (Å²) in [4.78, 5) is 45.5. The third kappa shape index (κ3) is 5.08. The molecule has 1 amide bonds. The molecule has 9 heteroatoms. The van der Waals surface area contributed by atoms with Gasteiger partial charge in [0.2, 0.25) is 5.91 Å². The van der Waals surface area contributed by atoms with Crippen LogP contribution in [0.2, 0.25) is 0 Å². The SMILES string of the molecule is CCCCn1c(=O)[nH]c(=O)c2c1nc(CCC(=O)NCc1cccs1)n2CC(C)C. The van der Waals surface area contributed by atoms with E-state index in [1.165, 1.54) is 4.57 Å². The van der Waals surface area contributed by atoms with Gasteiger partial charge >= 0.3 is 5.69 Å². The molecule has 0 fully saturated rings. The molecule has 2 N–H and O–H groups in total. The molecule has 0 saturated carbocycles. The number of aromatic amines is 1. The van der Waals surface area contributed by atoms with E-state index < -0.39 is 11.2 Å². The molecule has 30 heavy (non-hydrogen) atoms. The van der Waals surface area contributed by atoms with E-state index in [4.69, 9.17) is 0 Å². The van der Waals surface area contributed by atoms with Gasteiger partial charge in [-0.1, -0.05) is 33.3 Å². The highest BCUT2D eigenvalue weighted by Crippen LogP contribution is 2.16. The Morgan fingerprint density at radius 2 is 2.10 bits per heavy atom. The van der Waals surface area contributed by atoms with Gasteiger partial charge in [-0.3, -0.25) is 19.1 Å². The number of carbonyl (C=O) groups excluding carboxylic acids is 1. The van der Waals surface area contributed by atoms with Gasteiger partial charge in [-0.2, -0.15) is 0 Å². The molecule has 0 aromatic carbocycles. The lowest BCUT2D eigenvalue weighted by Crippen LogP contribution is -2.31. The number of amides is 1. The zero-order valence-corrected chi connectivity index (χ0v) is 18.6. The highest BCUT2D eigenvalue weighted by atomic mass is 32.1. The lowest BCUT2D eigenvalue weighted by atomic mass is 10.2. The first-order valence-corrected chi connectivity index (χ1v) is 11.3. The Hall–Kier alpha value is -2.68. The topological polar surface area (TPSA) is 102 Å². The van der Waals surface area contributed by atoms with Crippen molar-refractivity contribution < 1.29 is 4.79 Å². The number of nitrogens with one attached hydrogen (secondary N) is 2. The summed E-state index contributed by atoms with van der Waals surface area (Å²) in [5.74, 6) is 0.874. The molecule has 0 radical (unpaired) electrons. The van der Waals surface area contributed by atoms with Crippen molar-refractivity contribution in [2.24, 2.45) is 5.92 Å². The summed E-state index contributed by atoms with van der Waals surface area (Å²) in [6.07, 6.45) is 2.42. The molecule has 3 rings (SSSR count). The summed E-state index contributed by atoms with van der Waals surface area (Å²) >= 11 is 1.60. The van der Waals surface area contributed by atoms with Crippen LogP contribution in [0.5, 0.6) is 0 Å². The number of fused-ring (bicyclic) bond motifs is 1. The number of H-pyrrole nitrogens is 1. The second kappa shape index (κ2) is 9.88. The van der Waals surface area contributed by atoms with Crippen molar-refractivity contribution in [2.45, 2.75) is 66.1 Å². The summed E-state index contributed by atoms with van der Waals surface area (Å²) in [6.45, 7) is 7.77. The number of hydrogen-bond donors (Lipinski definition) is 2. The third-order valence-corrected chi connectivity index (χ3v) is 5.74. The molecule has 3 heterocycles. The van der Waals surface area contributed by atoms with Crippen LogP contribution < -0.4 is 16.6 Å². The molecule has 3 aromatic heterocycles. The quantitative estimate of drug-likeness (QED) is 0.515. The fourth-order valence-corrected chi connectivity index (χ4v) is 4.05. The number of hydrogen-bond acceptors (Lipinski definition) is 5. The number of nitrogens with zero attached hydrogens (tertiary/aromatic N) is 3. The van der Waals surface area contributed by atoms with E-state index >= 15 is 0 Å². The van der Waals surface area contributed by atoms with E-state index in [-0.39, 0.29) is 18.2 Å². The zero-order chi connectivity index (χ0) is 21.7. The minimum Gasteiger partial charge on any atom is -0.351 e. The summed E-state index contributed by atoms with van der Waals surface area (Å²) in [5, 5.41) is 4.90. The van der Waals surface area contributed by atoms with Gasteiger partial charge in [0.15, 0.2) is 11.2 Å². The predicted octanol–water partition coefficient (Wildman–Crippen LogP) is 2.65. The monoisotopic (exact) mass is 431 g/mol. The maximum atomic E-state index is 12.6. The van der Waals surface area contributed by atoms with E-state index in [2.05, 4.69) is 29.1 Å². The van der Waals surface area contributed by atoms with Gasteiger partial charge < -0.3 is 9.88 Å². The first kappa shape index (κ1) is 22.0. The van der Waals surface area contributed by atoms with Gasteiger partial charge in [-0.25, -0.2) is 9.78 Å². The first-order valence-electron chi connectivity index (χ1n) is 10.4. The fourth-order valence-electron chi connectivity index (χ4n) is 3.41. The molecule has 0 spiro atoms. The van der Waals surface area contributed by atoms with Gasteiger partial charge in [0, 0.05) is 30.8 Å². The third-order valence-electron chi connectivity index (χ3n) is 4.86. The van der Waals surface area contributed by atoms with Crippen molar-refractivity contribution in [1.82, 2.24) is 24.4 Å². The van der Waals surface area contributed by atoms with Crippen LogP contribution in [0.25, 0.3) is 11.2 Å². The number of rotatable bonds is 10. The van der Waals surface area contributed by atoms with Crippen LogP contribution in [0, 0.1) is 5.92 Å². The van der Waals surface area contributed by atoms with Crippen molar-refractivity contribution >= 4 is 28.4 Å². The molecule has 8 nitrogen and oxygen atoms in total. The summed E-state index contributed by atoms with van der Waals surface area (Å²) in [5.41, 5.74) is -0.0417. The largest absolute Gasteiger partial charge is 0.351 e. The van der Waals surface area contributed by atoms with Crippen molar-refractivity contribution in [2.75, 3.05) is 0 Å². The number of aromatic nitrogens is 4. The van der Waals surface area contributed by atoms with E-state index in [0.717, 1.165) is 17.7 Å². The molecule has 0 unspecified atom stereocenters. The Morgan fingerprint density at radius 1 is 1.30 bits per heavy atom. The number of unbranched alkanes of at least 4 members (excludes halogenated alkanes) is 1. The molecule has 0 aliphatic carbocycles. The van der Waals surface area contributed by atoms with Crippen LogP contribution in [-0.2, 0) is 30.8 Å². The first-order chi connectivity index (χ1) is 14.4. The van der Waals surface area contributed by atoms with Gasteiger partial charge in [0.1, 0.15) is 5.82 Å². The van der Waals surface area contributed by atoms with E-state index in [1.807, 2.05) is 29.0 Å². The lowest BCUT2D eigenvalue weighted by Gasteiger charge is -2.11. The summed E-state index contributed by atoms with van der Waals surface area (Å²) in [6, 6.07) is 3.94. The Morgan fingerprint density at radius 3 is 2.77 bits per heavy atom. The molecule has 0 atom stereocenters. The summed E-state index contributed by atoms with van der Waals surface area (Å²) < 4.78 is 3.41. The van der Waals surface area contributed by atoms with Crippen molar-refractivity contribution in [3.63, 3.8) is 0 Å². The molecule has 0 aliphatic rings. The van der Waals surface area contributed by atoms with Gasteiger partial charge in [0.05, 0.1) is 6.54 Å². The minimum atomic E-state index is -0.435. The van der Waals surface area contributed by atoms with Gasteiger partial charge in [-0.05, 0) is 23.8 Å². The van der Waals surface area contributed by atoms with E-state index in [9.17, 15) is 14.4 Å². The van der Waals surface area contributed by atoms with Crippen LogP contribution in [-0.4, -0.2) is 25.0 Å². The van der Waals surface area contributed by atoms with Crippen LogP contribution in [0.3, 0.4) is 0 Å². The number of imidazole rings is 1. The van der Waals surface area contributed by atoms with Crippen LogP contribution in [0.1, 0.15) is 50.7 Å². The lowest BCUT2D eigenvalue weighted by molar-refractivity contribution is -0.121. The molecule has 0 saturated heterocycles. The molecular formula is C21H29N5O3S. The Kier molecular flexibility index (Phi) is 7.25. The number of carbonyl (C=O) groups is 1. The molecule has 0 aliphatic heterocycles. The Labute approximate surface area is 179 Å². The highest BCUT2D eigenvalue weighted by molar-refractivity contribution is 7.09. The average molecular weight is 432 g/mol. The zero-order valence-electron chi connectivity index (χ0n) is 17.7. The van der Waals surface area contributed by atoms with Crippen molar-refractivity contribution in [3.05, 3.63) is 49.1 Å². The van der Waals surface area contributed by atoms with Crippen molar-refractivity contribution in [3.8, 4) is 0 Å². The van der Waals surface area contributed by atoms with Crippen LogP contribution >= 0.6 is 11.3 Å². The van der Waals surface area contributed by atoms with Gasteiger partial charge in [0.25, 0.3) is 5.56 Å². The summed E-state index contributed by atoms with van der Waals surface area (Å²) in [7, 11) is 0.